The Kier molecular flexibility index (Phi) is 3.51. The van der Waals surface area contributed by atoms with Crippen molar-refractivity contribution in [3.63, 3.8) is 0 Å². The number of pyridine rings is 1. The number of nitrogens with one attached hydrogen (secondary N) is 1. The highest BCUT2D eigenvalue weighted by Crippen LogP contribution is 2.37. The summed E-state index contributed by atoms with van der Waals surface area (Å²) in [4.78, 5) is 13.9. The lowest BCUT2D eigenvalue weighted by Crippen LogP contribution is -2.14. The molecular formula is C16H16F3NO. The lowest BCUT2D eigenvalue weighted by molar-refractivity contribution is -0.136. The number of H-pyrrole nitrogens is 1. The molecule has 2 nitrogen and oxygen atoms in total. The first-order chi connectivity index (χ1) is 9.95. The van der Waals surface area contributed by atoms with Crippen LogP contribution < -0.4 is 5.56 Å². The number of benzene rings is 1. The fourth-order valence-electron chi connectivity index (χ4n) is 3.20. The molecule has 3 rings (SSSR count). The molecule has 0 saturated heterocycles. The molecule has 1 saturated carbocycles. The maximum absolute atomic E-state index is 13.1. The van der Waals surface area contributed by atoms with Crippen molar-refractivity contribution in [2.24, 2.45) is 0 Å². The summed E-state index contributed by atoms with van der Waals surface area (Å²) in [5.74, 6) is 0.330. The summed E-state index contributed by atoms with van der Waals surface area (Å²) in [5.41, 5.74) is -0.381. The summed E-state index contributed by atoms with van der Waals surface area (Å²) < 4.78 is 39.4. The molecule has 21 heavy (non-hydrogen) atoms. The van der Waals surface area contributed by atoms with Gasteiger partial charge in [-0.3, -0.25) is 4.79 Å². The standard InChI is InChI=1S/C16H16F3NO/c17-16(18,19)13-9-15(21)20-14-7-6-11(8-12(13)14)10-4-2-1-3-5-10/h6-10H,1-5H2,(H,20,21). The van der Waals surface area contributed by atoms with Gasteiger partial charge >= 0.3 is 6.18 Å². The Morgan fingerprint density at radius 3 is 2.43 bits per heavy atom. The highest BCUT2D eigenvalue weighted by atomic mass is 19.4. The van der Waals surface area contributed by atoms with Crippen LogP contribution in [0.3, 0.4) is 0 Å². The van der Waals surface area contributed by atoms with E-state index in [1.54, 1.807) is 12.1 Å². The first-order valence-electron chi connectivity index (χ1n) is 7.19. The number of aromatic nitrogens is 1. The van der Waals surface area contributed by atoms with Crippen molar-refractivity contribution in [1.29, 1.82) is 0 Å². The molecule has 1 fully saturated rings. The maximum atomic E-state index is 13.1. The van der Waals surface area contributed by atoms with Crippen LogP contribution in [0.25, 0.3) is 10.9 Å². The van der Waals surface area contributed by atoms with E-state index in [9.17, 15) is 18.0 Å². The van der Waals surface area contributed by atoms with Gasteiger partial charge in [-0.2, -0.15) is 13.2 Å². The zero-order chi connectivity index (χ0) is 15.0. The van der Waals surface area contributed by atoms with E-state index in [2.05, 4.69) is 4.98 Å². The van der Waals surface area contributed by atoms with Crippen molar-refractivity contribution in [1.82, 2.24) is 4.98 Å². The summed E-state index contributed by atoms with van der Waals surface area (Å²) in [7, 11) is 0. The van der Waals surface area contributed by atoms with E-state index < -0.39 is 17.3 Å². The summed E-state index contributed by atoms with van der Waals surface area (Å²) in [5, 5.41) is 0.0881. The summed E-state index contributed by atoms with van der Waals surface area (Å²) in [6.45, 7) is 0. The van der Waals surface area contributed by atoms with E-state index in [4.69, 9.17) is 0 Å². The van der Waals surface area contributed by atoms with Gasteiger partial charge in [0.1, 0.15) is 0 Å². The molecule has 0 aliphatic heterocycles. The largest absolute Gasteiger partial charge is 0.417 e. The second-order valence-corrected chi connectivity index (χ2v) is 5.68. The first kappa shape index (κ1) is 14.2. The minimum atomic E-state index is -4.52. The number of fused-ring (bicyclic) bond motifs is 1. The van der Waals surface area contributed by atoms with Crippen molar-refractivity contribution in [3.8, 4) is 0 Å². The molecule has 2 aromatic rings. The maximum Gasteiger partial charge on any atom is 0.417 e. The van der Waals surface area contributed by atoms with Crippen molar-refractivity contribution in [3.05, 3.63) is 45.7 Å². The van der Waals surface area contributed by atoms with Crippen molar-refractivity contribution < 1.29 is 13.2 Å². The Morgan fingerprint density at radius 1 is 1.05 bits per heavy atom. The fourth-order valence-corrected chi connectivity index (χ4v) is 3.20. The smallest absolute Gasteiger partial charge is 0.322 e. The zero-order valence-electron chi connectivity index (χ0n) is 11.5. The van der Waals surface area contributed by atoms with Gasteiger partial charge in [0, 0.05) is 17.0 Å². The number of hydrogen-bond donors (Lipinski definition) is 1. The van der Waals surface area contributed by atoms with Crippen molar-refractivity contribution in [2.45, 2.75) is 44.2 Å². The lowest BCUT2D eigenvalue weighted by atomic mass is 9.83. The Bertz CT molecular complexity index is 712. The van der Waals surface area contributed by atoms with Crippen LogP contribution in [0.2, 0.25) is 0 Å². The van der Waals surface area contributed by atoms with Gasteiger partial charge in [0.15, 0.2) is 0 Å². The normalized spacial score (nSPS) is 17.3. The lowest BCUT2D eigenvalue weighted by Gasteiger charge is -2.22. The van der Waals surface area contributed by atoms with Crippen LogP contribution in [-0.4, -0.2) is 4.98 Å². The Morgan fingerprint density at radius 2 is 1.76 bits per heavy atom. The molecule has 1 aromatic heterocycles. The van der Waals surface area contributed by atoms with Gasteiger partial charge in [-0.05, 0) is 36.5 Å². The molecule has 0 radical (unpaired) electrons. The highest BCUT2D eigenvalue weighted by molar-refractivity contribution is 5.83. The van der Waals surface area contributed by atoms with Gasteiger partial charge in [0.05, 0.1) is 5.56 Å². The number of hydrogen-bond acceptors (Lipinski definition) is 1. The van der Waals surface area contributed by atoms with Crippen LogP contribution in [0.1, 0.15) is 49.1 Å². The second-order valence-electron chi connectivity index (χ2n) is 5.68. The summed E-state index contributed by atoms with van der Waals surface area (Å²) in [6, 6.07) is 5.68. The van der Waals surface area contributed by atoms with Gasteiger partial charge in [-0.1, -0.05) is 25.3 Å². The first-order valence-corrected chi connectivity index (χ1v) is 7.19. The van der Waals surface area contributed by atoms with Gasteiger partial charge in [0.2, 0.25) is 5.56 Å². The highest BCUT2D eigenvalue weighted by Gasteiger charge is 2.33. The molecule has 1 aliphatic carbocycles. The van der Waals surface area contributed by atoms with Crippen LogP contribution in [0.4, 0.5) is 13.2 Å². The fraction of sp³-hybridized carbons (Fsp3) is 0.438. The molecular weight excluding hydrogens is 279 g/mol. The summed E-state index contributed by atoms with van der Waals surface area (Å²) in [6.07, 6.45) is 0.982. The van der Waals surface area contributed by atoms with Crippen molar-refractivity contribution >= 4 is 10.9 Å². The van der Waals surface area contributed by atoms with Gasteiger partial charge in [-0.15, -0.1) is 0 Å². The van der Waals surface area contributed by atoms with E-state index in [-0.39, 0.29) is 10.9 Å². The average molecular weight is 295 g/mol. The Hall–Kier alpha value is -1.78. The average Bonchev–Trinajstić information content (AvgIpc) is 2.46. The molecule has 0 bridgehead atoms. The zero-order valence-corrected chi connectivity index (χ0v) is 11.5. The van der Waals surface area contributed by atoms with Crippen LogP contribution in [0.5, 0.6) is 0 Å². The second kappa shape index (κ2) is 5.20. The monoisotopic (exact) mass is 295 g/mol. The van der Waals surface area contributed by atoms with E-state index >= 15 is 0 Å². The minimum absolute atomic E-state index is 0.0881. The minimum Gasteiger partial charge on any atom is -0.322 e. The molecule has 1 heterocycles. The topological polar surface area (TPSA) is 32.9 Å². The number of halogens is 3. The SMILES string of the molecule is O=c1cc(C(F)(F)F)c2cc(C3CCCCC3)ccc2[nH]1. The molecule has 112 valence electrons. The third-order valence-corrected chi connectivity index (χ3v) is 4.25. The van der Waals surface area contributed by atoms with Crippen LogP contribution in [0, 0.1) is 0 Å². The van der Waals surface area contributed by atoms with Gasteiger partial charge < -0.3 is 4.98 Å². The molecule has 5 heteroatoms. The predicted octanol–water partition coefficient (Wildman–Crippen LogP) is 4.59. The number of rotatable bonds is 1. The third-order valence-electron chi connectivity index (χ3n) is 4.25. The van der Waals surface area contributed by atoms with E-state index in [0.29, 0.717) is 12.0 Å². The molecule has 1 aliphatic rings. The van der Waals surface area contributed by atoms with Crippen LogP contribution in [0.15, 0.2) is 29.1 Å². The van der Waals surface area contributed by atoms with E-state index in [1.165, 1.54) is 6.42 Å². The molecule has 0 spiro atoms. The molecule has 0 unspecified atom stereocenters. The van der Waals surface area contributed by atoms with Gasteiger partial charge in [0.25, 0.3) is 0 Å². The molecule has 0 atom stereocenters. The Labute approximate surface area is 120 Å². The van der Waals surface area contributed by atoms with Crippen LogP contribution in [-0.2, 0) is 6.18 Å². The van der Waals surface area contributed by atoms with E-state index in [0.717, 1.165) is 31.2 Å². The third kappa shape index (κ3) is 2.82. The quantitative estimate of drug-likeness (QED) is 0.819. The molecule has 1 aromatic carbocycles. The van der Waals surface area contributed by atoms with Gasteiger partial charge in [-0.25, -0.2) is 0 Å². The number of aromatic amines is 1. The predicted molar refractivity (Wildman–Crippen MR) is 75.4 cm³/mol. The summed E-state index contributed by atoms with van der Waals surface area (Å²) >= 11 is 0. The Balaban J connectivity index is 2.15. The van der Waals surface area contributed by atoms with E-state index in [1.807, 2.05) is 6.07 Å². The molecule has 1 N–H and O–H groups in total. The van der Waals surface area contributed by atoms with Crippen LogP contribution >= 0.6 is 0 Å². The molecule has 0 amide bonds. The number of alkyl halides is 3. The van der Waals surface area contributed by atoms with Crippen molar-refractivity contribution in [2.75, 3.05) is 0 Å².